The largest absolute Gasteiger partial charge is 0.392 e. The highest BCUT2D eigenvalue weighted by Crippen LogP contribution is 2.27. The van der Waals surface area contributed by atoms with E-state index < -0.39 is 16.1 Å². The van der Waals surface area contributed by atoms with Crippen LogP contribution in [0.3, 0.4) is 0 Å². The zero-order valence-electron chi connectivity index (χ0n) is 9.38. The highest BCUT2D eigenvalue weighted by Gasteiger charge is 2.33. The Morgan fingerprint density at radius 2 is 2.22 bits per heavy atom. The summed E-state index contributed by atoms with van der Waals surface area (Å²) in [5, 5.41) is 18.3. The first-order chi connectivity index (χ1) is 8.45. The SMILES string of the molecule is N#Cc1ccc(Cl)c(S(=O)(=O)N2CC[C@H](O)C2)c1. The lowest BCUT2D eigenvalue weighted by molar-refractivity contribution is 0.189. The summed E-state index contributed by atoms with van der Waals surface area (Å²) in [7, 11) is -3.74. The summed E-state index contributed by atoms with van der Waals surface area (Å²) >= 11 is 5.87. The lowest BCUT2D eigenvalue weighted by Crippen LogP contribution is -2.30. The predicted octanol–water partition coefficient (Wildman–Crippen LogP) is 0.967. The first kappa shape index (κ1) is 13.3. The van der Waals surface area contributed by atoms with Gasteiger partial charge in [0.15, 0.2) is 0 Å². The van der Waals surface area contributed by atoms with Crippen LogP contribution in [0.15, 0.2) is 23.1 Å². The van der Waals surface area contributed by atoms with Crippen molar-refractivity contribution in [1.29, 1.82) is 5.26 Å². The van der Waals surface area contributed by atoms with Crippen molar-refractivity contribution in [3.63, 3.8) is 0 Å². The molecule has 0 radical (unpaired) electrons. The summed E-state index contributed by atoms with van der Waals surface area (Å²) in [4.78, 5) is -0.0858. The molecule has 1 aromatic rings. The average Bonchev–Trinajstić information content (AvgIpc) is 2.77. The zero-order valence-corrected chi connectivity index (χ0v) is 10.9. The second-order valence-corrected chi connectivity index (χ2v) is 6.38. The Hall–Kier alpha value is -1.13. The summed E-state index contributed by atoms with van der Waals surface area (Å²) in [6, 6.07) is 5.97. The molecule has 1 fully saturated rings. The van der Waals surface area contributed by atoms with Gasteiger partial charge in [-0.2, -0.15) is 9.57 Å². The third-order valence-corrected chi connectivity index (χ3v) is 5.15. The molecule has 1 aliphatic heterocycles. The van der Waals surface area contributed by atoms with Crippen LogP contribution in [0, 0.1) is 11.3 Å². The minimum absolute atomic E-state index is 0.0649. The van der Waals surface area contributed by atoms with Gasteiger partial charge in [-0.1, -0.05) is 11.6 Å². The van der Waals surface area contributed by atoms with Gasteiger partial charge in [0.25, 0.3) is 0 Å². The molecule has 1 aliphatic rings. The smallest absolute Gasteiger partial charge is 0.244 e. The van der Waals surface area contributed by atoms with E-state index in [0.29, 0.717) is 6.42 Å². The summed E-state index contributed by atoms with van der Waals surface area (Å²) in [5.74, 6) is 0. The molecule has 0 spiro atoms. The fourth-order valence-corrected chi connectivity index (χ4v) is 3.83. The number of hydrogen-bond donors (Lipinski definition) is 1. The molecule has 2 rings (SSSR count). The molecule has 1 saturated heterocycles. The maximum atomic E-state index is 12.3. The number of halogens is 1. The minimum Gasteiger partial charge on any atom is -0.392 e. The van der Waals surface area contributed by atoms with E-state index >= 15 is 0 Å². The van der Waals surface area contributed by atoms with Crippen LogP contribution in [-0.2, 0) is 10.0 Å². The van der Waals surface area contributed by atoms with E-state index in [2.05, 4.69) is 0 Å². The number of aliphatic hydroxyl groups excluding tert-OH is 1. The quantitative estimate of drug-likeness (QED) is 0.878. The first-order valence-electron chi connectivity index (χ1n) is 5.33. The molecular formula is C11H11ClN2O3S. The number of hydrogen-bond acceptors (Lipinski definition) is 4. The zero-order chi connectivity index (χ0) is 13.3. The molecule has 7 heteroatoms. The summed E-state index contributed by atoms with van der Waals surface area (Å²) in [5.41, 5.74) is 0.234. The van der Waals surface area contributed by atoms with E-state index in [0.717, 1.165) is 0 Å². The number of rotatable bonds is 2. The minimum atomic E-state index is -3.74. The molecule has 0 aromatic heterocycles. The van der Waals surface area contributed by atoms with Gasteiger partial charge in [0, 0.05) is 13.1 Å². The Labute approximate surface area is 110 Å². The Kier molecular flexibility index (Phi) is 3.59. The van der Waals surface area contributed by atoms with Gasteiger partial charge in [-0.05, 0) is 24.6 Å². The van der Waals surface area contributed by atoms with E-state index in [1.165, 1.54) is 22.5 Å². The molecule has 5 nitrogen and oxygen atoms in total. The topological polar surface area (TPSA) is 81.4 Å². The van der Waals surface area contributed by atoms with E-state index in [1.807, 2.05) is 6.07 Å². The number of benzene rings is 1. The van der Waals surface area contributed by atoms with E-state index in [9.17, 15) is 13.5 Å². The Bertz CT molecular complexity index is 609. The lowest BCUT2D eigenvalue weighted by Gasteiger charge is -2.16. The number of nitrogens with zero attached hydrogens (tertiary/aromatic N) is 2. The Morgan fingerprint density at radius 1 is 1.50 bits per heavy atom. The maximum Gasteiger partial charge on any atom is 0.244 e. The number of aliphatic hydroxyl groups is 1. The van der Waals surface area contributed by atoms with Gasteiger partial charge in [-0.15, -0.1) is 0 Å². The molecule has 96 valence electrons. The van der Waals surface area contributed by atoms with Crippen molar-refractivity contribution >= 4 is 21.6 Å². The predicted molar refractivity (Wildman–Crippen MR) is 65.5 cm³/mol. The van der Waals surface area contributed by atoms with Crippen molar-refractivity contribution in [2.24, 2.45) is 0 Å². The van der Waals surface area contributed by atoms with Crippen LogP contribution in [0.4, 0.5) is 0 Å². The van der Waals surface area contributed by atoms with Gasteiger partial charge in [0.1, 0.15) is 4.90 Å². The third kappa shape index (κ3) is 2.35. The highest BCUT2D eigenvalue weighted by molar-refractivity contribution is 7.89. The normalized spacial score (nSPS) is 20.8. The van der Waals surface area contributed by atoms with E-state index in [4.69, 9.17) is 16.9 Å². The molecule has 0 bridgehead atoms. The van der Waals surface area contributed by atoms with Crippen LogP contribution >= 0.6 is 11.6 Å². The number of sulfonamides is 1. The third-order valence-electron chi connectivity index (χ3n) is 2.80. The van der Waals surface area contributed by atoms with Crippen LogP contribution in [0.1, 0.15) is 12.0 Å². The molecule has 0 unspecified atom stereocenters. The van der Waals surface area contributed by atoms with Crippen molar-refractivity contribution in [3.05, 3.63) is 28.8 Å². The molecule has 18 heavy (non-hydrogen) atoms. The Morgan fingerprint density at radius 3 is 2.78 bits per heavy atom. The fourth-order valence-electron chi connectivity index (χ4n) is 1.84. The summed E-state index contributed by atoms with van der Waals surface area (Å²) < 4.78 is 25.8. The van der Waals surface area contributed by atoms with Crippen molar-refractivity contribution in [2.75, 3.05) is 13.1 Å². The molecule has 1 atom stereocenters. The second kappa shape index (κ2) is 4.86. The molecule has 1 aromatic carbocycles. The van der Waals surface area contributed by atoms with Gasteiger partial charge in [0.2, 0.25) is 10.0 Å². The van der Waals surface area contributed by atoms with E-state index in [1.54, 1.807) is 0 Å². The van der Waals surface area contributed by atoms with Gasteiger partial charge in [0.05, 0.1) is 22.8 Å². The van der Waals surface area contributed by atoms with Crippen molar-refractivity contribution in [2.45, 2.75) is 17.4 Å². The fraction of sp³-hybridized carbons (Fsp3) is 0.364. The first-order valence-corrected chi connectivity index (χ1v) is 7.15. The standard InChI is InChI=1S/C11H11ClN2O3S/c12-10-2-1-8(6-13)5-11(10)18(16,17)14-4-3-9(15)7-14/h1-2,5,9,15H,3-4,7H2/t9-/m0/s1. The van der Waals surface area contributed by atoms with Gasteiger partial charge >= 0.3 is 0 Å². The van der Waals surface area contributed by atoms with Gasteiger partial charge in [-0.25, -0.2) is 8.42 Å². The lowest BCUT2D eigenvalue weighted by atomic mass is 10.2. The van der Waals surface area contributed by atoms with Crippen molar-refractivity contribution in [3.8, 4) is 6.07 Å². The summed E-state index contributed by atoms with van der Waals surface area (Å²) in [6.07, 6.45) is -0.230. The van der Waals surface area contributed by atoms with Crippen molar-refractivity contribution < 1.29 is 13.5 Å². The van der Waals surface area contributed by atoms with Crippen LogP contribution in [0.5, 0.6) is 0 Å². The van der Waals surface area contributed by atoms with Gasteiger partial charge < -0.3 is 5.11 Å². The Balaban J connectivity index is 2.45. The van der Waals surface area contributed by atoms with Crippen LogP contribution in [-0.4, -0.2) is 37.0 Å². The molecule has 0 aliphatic carbocycles. The van der Waals surface area contributed by atoms with E-state index in [-0.39, 0.29) is 28.6 Å². The maximum absolute atomic E-state index is 12.3. The molecule has 1 heterocycles. The second-order valence-electron chi connectivity index (χ2n) is 4.06. The number of β-amino-alcohol motifs (C(OH)–C–C–N with tert-alkyl or cyclic N) is 1. The molecule has 1 N–H and O–H groups in total. The average molecular weight is 287 g/mol. The monoisotopic (exact) mass is 286 g/mol. The van der Waals surface area contributed by atoms with Crippen LogP contribution in [0.2, 0.25) is 5.02 Å². The van der Waals surface area contributed by atoms with Crippen molar-refractivity contribution in [1.82, 2.24) is 4.31 Å². The summed E-state index contributed by atoms with van der Waals surface area (Å²) in [6.45, 7) is 0.325. The molecule has 0 amide bonds. The molecular weight excluding hydrogens is 276 g/mol. The van der Waals surface area contributed by atoms with Crippen LogP contribution in [0.25, 0.3) is 0 Å². The van der Waals surface area contributed by atoms with Gasteiger partial charge in [-0.3, -0.25) is 0 Å². The molecule has 0 saturated carbocycles. The highest BCUT2D eigenvalue weighted by atomic mass is 35.5. The number of nitriles is 1. The van der Waals surface area contributed by atoms with Crippen LogP contribution < -0.4 is 0 Å².